The molecule has 2 unspecified atom stereocenters. The molecule has 2 rings (SSSR count). The molecule has 1 heteroatoms. The quantitative estimate of drug-likeness (QED) is 0.876. The second kappa shape index (κ2) is 6.03. The van der Waals surface area contributed by atoms with Gasteiger partial charge < -0.3 is 5.73 Å². The Morgan fingerprint density at radius 3 is 2.37 bits per heavy atom. The molecule has 0 heterocycles. The maximum atomic E-state index is 6.40. The van der Waals surface area contributed by atoms with Crippen molar-refractivity contribution in [1.82, 2.24) is 0 Å². The van der Waals surface area contributed by atoms with Crippen LogP contribution in [0.15, 0.2) is 48.5 Å². The molecule has 2 aromatic rings. The maximum Gasteiger partial charge on any atom is 0.0146 e. The van der Waals surface area contributed by atoms with Crippen LogP contribution in [0.2, 0.25) is 0 Å². The molecule has 0 saturated carbocycles. The van der Waals surface area contributed by atoms with Crippen LogP contribution in [0.5, 0.6) is 0 Å². The van der Waals surface area contributed by atoms with E-state index in [4.69, 9.17) is 5.73 Å². The van der Waals surface area contributed by atoms with Crippen molar-refractivity contribution in [2.45, 2.75) is 39.2 Å². The Morgan fingerprint density at radius 1 is 1.00 bits per heavy atom. The summed E-state index contributed by atoms with van der Waals surface area (Å²) in [6, 6.07) is 17.3. The molecule has 0 aromatic heterocycles. The van der Waals surface area contributed by atoms with Gasteiger partial charge in [-0.3, -0.25) is 0 Å². The van der Waals surface area contributed by atoms with Gasteiger partial charge in [-0.05, 0) is 42.9 Å². The van der Waals surface area contributed by atoms with Gasteiger partial charge in [-0.1, -0.05) is 61.0 Å². The highest BCUT2D eigenvalue weighted by Gasteiger charge is 2.16. The number of hydrogen-bond acceptors (Lipinski definition) is 1. The van der Waals surface area contributed by atoms with Crippen LogP contribution in [0, 0.1) is 13.8 Å². The zero-order valence-corrected chi connectivity index (χ0v) is 12.1. The normalized spacial score (nSPS) is 14.1. The number of nitrogens with two attached hydrogens (primary N) is 1. The van der Waals surface area contributed by atoms with Crippen LogP contribution < -0.4 is 5.73 Å². The van der Waals surface area contributed by atoms with E-state index in [1.54, 1.807) is 0 Å². The molecule has 0 aliphatic heterocycles. The van der Waals surface area contributed by atoms with Gasteiger partial charge in [0.05, 0.1) is 0 Å². The molecule has 1 nitrogen and oxygen atoms in total. The molecule has 0 radical (unpaired) electrons. The predicted octanol–water partition coefficient (Wildman–Crippen LogP) is 3.98. The zero-order valence-electron chi connectivity index (χ0n) is 12.1. The molecular weight excluding hydrogens is 230 g/mol. The van der Waals surface area contributed by atoms with Crippen molar-refractivity contribution in [3.05, 3.63) is 70.8 Å². The van der Waals surface area contributed by atoms with Crippen molar-refractivity contribution in [2.75, 3.05) is 0 Å². The van der Waals surface area contributed by atoms with Crippen molar-refractivity contribution < 1.29 is 0 Å². The SMILES string of the molecule is Cc1ccc(C)c(CC(N)C(C)c2ccccc2)c1. The van der Waals surface area contributed by atoms with Crippen LogP contribution in [0.3, 0.4) is 0 Å². The molecule has 2 atom stereocenters. The van der Waals surface area contributed by atoms with Crippen molar-refractivity contribution in [2.24, 2.45) is 5.73 Å². The van der Waals surface area contributed by atoms with E-state index in [1.165, 1.54) is 22.3 Å². The lowest BCUT2D eigenvalue weighted by Crippen LogP contribution is -2.29. The van der Waals surface area contributed by atoms with Gasteiger partial charge in [0.15, 0.2) is 0 Å². The Balaban J connectivity index is 2.12. The van der Waals surface area contributed by atoms with Gasteiger partial charge in [-0.15, -0.1) is 0 Å². The second-order valence-electron chi connectivity index (χ2n) is 5.50. The van der Waals surface area contributed by atoms with Crippen molar-refractivity contribution in [1.29, 1.82) is 0 Å². The summed E-state index contributed by atoms with van der Waals surface area (Å²) in [5, 5.41) is 0. The molecule has 0 amide bonds. The highest BCUT2D eigenvalue weighted by atomic mass is 14.6. The Kier molecular flexibility index (Phi) is 4.39. The van der Waals surface area contributed by atoms with Crippen molar-refractivity contribution >= 4 is 0 Å². The minimum Gasteiger partial charge on any atom is -0.327 e. The summed E-state index contributed by atoms with van der Waals surface area (Å²) < 4.78 is 0. The summed E-state index contributed by atoms with van der Waals surface area (Å²) >= 11 is 0. The third-order valence-corrected chi connectivity index (χ3v) is 3.93. The van der Waals surface area contributed by atoms with E-state index in [9.17, 15) is 0 Å². The largest absolute Gasteiger partial charge is 0.327 e. The predicted molar refractivity (Wildman–Crippen MR) is 82.5 cm³/mol. The maximum absolute atomic E-state index is 6.40. The van der Waals surface area contributed by atoms with Gasteiger partial charge in [0.1, 0.15) is 0 Å². The van der Waals surface area contributed by atoms with E-state index in [0.717, 1.165) is 6.42 Å². The van der Waals surface area contributed by atoms with Gasteiger partial charge in [-0.2, -0.15) is 0 Å². The summed E-state index contributed by atoms with van der Waals surface area (Å²) in [6.07, 6.45) is 0.934. The molecule has 2 aromatic carbocycles. The van der Waals surface area contributed by atoms with Crippen LogP contribution in [-0.2, 0) is 6.42 Å². The monoisotopic (exact) mass is 253 g/mol. The van der Waals surface area contributed by atoms with Crippen LogP contribution in [0.1, 0.15) is 35.1 Å². The minimum absolute atomic E-state index is 0.155. The molecule has 100 valence electrons. The Hall–Kier alpha value is -1.60. The smallest absolute Gasteiger partial charge is 0.0146 e. The molecular formula is C18H23N. The second-order valence-corrected chi connectivity index (χ2v) is 5.50. The number of hydrogen-bond donors (Lipinski definition) is 1. The van der Waals surface area contributed by atoms with Gasteiger partial charge in [-0.25, -0.2) is 0 Å². The van der Waals surface area contributed by atoms with Gasteiger partial charge in [0.25, 0.3) is 0 Å². The standard InChI is InChI=1S/C18H23N/c1-13-9-10-14(2)17(11-13)12-18(19)15(3)16-7-5-4-6-8-16/h4-11,15,18H,12,19H2,1-3H3. The van der Waals surface area contributed by atoms with Gasteiger partial charge >= 0.3 is 0 Å². The van der Waals surface area contributed by atoms with Crippen molar-refractivity contribution in [3.63, 3.8) is 0 Å². The van der Waals surface area contributed by atoms with Crippen LogP contribution >= 0.6 is 0 Å². The van der Waals surface area contributed by atoms with Gasteiger partial charge in [0, 0.05) is 6.04 Å². The highest BCUT2D eigenvalue weighted by Crippen LogP contribution is 2.22. The van der Waals surface area contributed by atoms with Gasteiger partial charge in [0.2, 0.25) is 0 Å². The minimum atomic E-state index is 0.155. The molecule has 0 aliphatic rings. The lowest BCUT2D eigenvalue weighted by atomic mass is 9.88. The summed E-state index contributed by atoms with van der Waals surface area (Å²) in [7, 11) is 0. The zero-order chi connectivity index (χ0) is 13.8. The first kappa shape index (κ1) is 13.8. The van der Waals surface area contributed by atoms with Crippen LogP contribution in [-0.4, -0.2) is 6.04 Å². The molecule has 0 bridgehead atoms. The number of benzene rings is 2. The summed E-state index contributed by atoms with van der Waals surface area (Å²) in [5.74, 6) is 0.376. The number of aryl methyl sites for hydroxylation is 2. The highest BCUT2D eigenvalue weighted by molar-refractivity contribution is 5.32. The van der Waals surface area contributed by atoms with E-state index in [-0.39, 0.29) is 6.04 Å². The summed E-state index contributed by atoms with van der Waals surface area (Å²) in [5.41, 5.74) is 11.7. The molecule has 0 spiro atoms. The first-order valence-electron chi connectivity index (χ1n) is 6.94. The average molecular weight is 253 g/mol. The molecule has 19 heavy (non-hydrogen) atoms. The van der Waals surface area contributed by atoms with E-state index in [2.05, 4.69) is 63.2 Å². The first-order valence-corrected chi connectivity index (χ1v) is 6.94. The lowest BCUT2D eigenvalue weighted by molar-refractivity contribution is 0.563. The van der Waals surface area contributed by atoms with E-state index >= 15 is 0 Å². The molecule has 0 fully saturated rings. The van der Waals surface area contributed by atoms with Crippen LogP contribution in [0.4, 0.5) is 0 Å². The molecule has 2 N–H and O–H groups in total. The van der Waals surface area contributed by atoms with E-state index < -0.39 is 0 Å². The third kappa shape index (κ3) is 3.45. The van der Waals surface area contributed by atoms with E-state index in [0.29, 0.717) is 5.92 Å². The average Bonchev–Trinajstić information content (AvgIpc) is 2.43. The molecule has 0 saturated heterocycles. The third-order valence-electron chi connectivity index (χ3n) is 3.93. The van der Waals surface area contributed by atoms with Crippen LogP contribution in [0.25, 0.3) is 0 Å². The Morgan fingerprint density at radius 2 is 1.68 bits per heavy atom. The fourth-order valence-corrected chi connectivity index (χ4v) is 2.45. The fraction of sp³-hybridized carbons (Fsp3) is 0.333. The summed E-state index contributed by atoms with van der Waals surface area (Å²) in [6.45, 7) is 6.51. The fourth-order valence-electron chi connectivity index (χ4n) is 2.45. The lowest BCUT2D eigenvalue weighted by Gasteiger charge is -2.21. The van der Waals surface area contributed by atoms with Crippen molar-refractivity contribution in [3.8, 4) is 0 Å². The number of rotatable bonds is 4. The Labute approximate surface area is 116 Å². The first-order chi connectivity index (χ1) is 9.08. The Bertz CT molecular complexity index is 531. The topological polar surface area (TPSA) is 26.0 Å². The summed E-state index contributed by atoms with van der Waals surface area (Å²) in [4.78, 5) is 0. The molecule has 0 aliphatic carbocycles. The van der Waals surface area contributed by atoms with E-state index in [1.807, 2.05) is 6.07 Å².